The summed E-state index contributed by atoms with van der Waals surface area (Å²) < 4.78 is 10.1. The lowest BCUT2D eigenvalue weighted by Crippen LogP contribution is -2.27. The van der Waals surface area contributed by atoms with E-state index in [9.17, 15) is 4.79 Å². The molecule has 1 saturated carbocycles. The molecule has 0 unspecified atom stereocenters. The molecule has 1 amide bonds. The second-order valence-corrected chi connectivity index (χ2v) is 5.09. The van der Waals surface area contributed by atoms with Crippen LogP contribution in [-0.2, 0) is 10.2 Å². The Hall–Kier alpha value is -2.30. The summed E-state index contributed by atoms with van der Waals surface area (Å²) in [7, 11) is 1.63. The quantitative estimate of drug-likeness (QED) is 0.929. The van der Waals surface area contributed by atoms with Crippen LogP contribution >= 0.6 is 0 Å². The molecule has 0 aliphatic heterocycles. The van der Waals surface area contributed by atoms with E-state index < -0.39 is 5.41 Å². The Kier molecular flexibility index (Phi) is 2.97. The van der Waals surface area contributed by atoms with Crippen molar-refractivity contribution in [2.24, 2.45) is 0 Å². The zero-order valence-electron chi connectivity index (χ0n) is 11.5. The van der Waals surface area contributed by atoms with E-state index in [-0.39, 0.29) is 5.91 Å². The largest absolute Gasteiger partial charge is 0.497 e. The molecule has 0 bridgehead atoms. The Morgan fingerprint density at radius 2 is 2.05 bits per heavy atom. The van der Waals surface area contributed by atoms with Gasteiger partial charge in [-0.15, -0.1) is 0 Å². The van der Waals surface area contributed by atoms with Gasteiger partial charge >= 0.3 is 0 Å². The van der Waals surface area contributed by atoms with Crippen LogP contribution in [0.25, 0.3) is 0 Å². The van der Waals surface area contributed by atoms with Crippen LogP contribution < -0.4 is 10.1 Å². The molecule has 1 N–H and O–H groups in total. The number of nitrogens with one attached hydrogen (secondary N) is 1. The molecule has 104 valence electrons. The molecule has 1 aliphatic carbocycles. The van der Waals surface area contributed by atoms with Crippen molar-refractivity contribution in [3.63, 3.8) is 0 Å². The molecule has 1 heterocycles. The molecule has 2 aromatic rings. The van der Waals surface area contributed by atoms with Gasteiger partial charge in [-0.25, -0.2) is 0 Å². The maximum absolute atomic E-state index is 12.4. The molecule has 5 heteroatoms. The number of rotatable bonds is 4. The predicted molar refractivity (Wildman–Crippen MR) is 73.8 cm³/mol. The monoisotopic (exact) mass is 272 g/mol. The van der Waals surface area contributed by atoms with Crippen LogP contribution in [0.1, 0.15) is 24.2 Å². The number of anilines is 1. The van der Waals surface area contributed by atoms with Crippen LogP contribution in [0.15, 0.2) is 34.9 Å². The summed E-state index contributed by atoms with van der Waals surface area (Å²) in [6, 6.07) is 9.35. The Labute approximate surface area is 116 Å². The minimum Gasteiger partial charge on any atom is -0.497 e. The first-order valence-electron chi connectivity index (χ1n) is 6.53. The molecular weight excluding hydrogens is 256 g/mol. The van der Waals surface area contributed by atoms with Gasteiger partial charge in [-0.2, -0.15) is 0 Å². The van der Waals surface area contributed by atoms with Gasteiger partial charge in [-0.05, 0) is 37.5 Å². The van der Waals surface area contributed by atoms with Gasteiger partial charge in [0.15, 0.2) is 5.82 Å². The SMILES string of the molecule is COc1ccc(C2(C(=O)Nc3cc(C)on3)CC2)cc1. The van der Waals surface area contributed by atoms with Crippen molar-refractivity contribution in [2.75, 3.05) is 12.4 Å². The van der Waals surface area contributed by atoms with E-state index in [1.807, 2.05) is 24.3 Å². The Morgan fingerprint density at radius 1 is 1.35 bits per heavy atom. The third-order valence-corrected chi connectivity index (χ3v) is 3.70. The lowest BCUT2D eigenvalue weighted by Gasteiger charge is -2.14. The molecule has 0 spiro atoms. The molecule has 1 aromatic heterocycles. The maximum Gasteiger partial charge on any atom is 0.236 e. The van der Waals surface area contributed by atoms with E-state index >= 15 is 0 Å². The highest BCUT2D eigenvalue weighted by Crippen LogP contribution is 2.49. The standard InChI is InChI=1S/C15H16N2O3/c1-10-9-13(17-20-10)16-14(18)15(7-8-15)11-3-5-12(19-2)6-4-11/h3-6,9H,7-8H2,1-2H3,(H,16,17,18). The van der Waals surface area contributed by atoms with Gasteiger partial charge < -0.3 is 14.6 Å². The fourth-order valence-electron chi connectivity index (χ4n) is 2.34. The first-order chi connectivity index (χ1) is 9.64. The molecule has 5 nitrogen and oxygen atoms in total. The normalized spacial score (nSPS) is 15.7. The summed E-state index contributed by atoms with van der Waals surface area (Å²) in [6.07, 6.45) is 1.70. The summed E-state index contributed by atoms with van der Waals surface area (Å²) in [6.45, 7) is 1.79. The molecule has 0 saturated heterocycles. The number of methoxy groups -OCH3 is 1. The third-order valence-electron chi connectivity index (χ3n) is 3.70. The van der Waals surface area contributed by atoms with Crippen LogP contribution in [0, 0.1) is 6.92 Å². The van der Waals surface area contributed by atoms with Gasteiger partial charge in [-0.1, -0.05) is 17.3 Å². The second-order valence-electron chi connectivity index (χ2n) is 5.09. The molecule has 0 radical (unpaired) electrons. The minimum atomic E-state index is -0.431. The topological polar surface area (TPSA) is 64.4 Å². The van der Waals surface area contributed by atoms with Crippen molar-refractivity contribution in [1.29, 1.82) is 0 Å². The number of benzene rings is 1. The number of ether oxygens (including phenoxy) is 1. The Balaban J connectivity index is 1.79. The van der Waals surface area contributed by atoms with Crippen molar-refractivity contribution >= 4 is 11.7 Å². The van der Waals surface area contributed by atoms with E-state index in [1.54, 1.807) is 20.1 Å². The number of amides is 1. The number of aryl methyl sites for hydroxylation is 1. The van der Waals surface area contributed by atoms with E-state index in [2.05, 4.69) is 10.5 Å². The summed E-state index contributed by atoms with van der Waals surface area (Å²) in [5.41, 5.74) is 0.579. The van der Waals surface area contributed by atoms with E-state index in [0.29, 0.717) is 11.6 Å². The van der Waals surface area contributed by atoms with Crippen molar-refractivity contribution in [2.45, 2.75) is 25.2 Å². The lowest BCUT2D eigenvalue weighted by molar-refractivity contribution is -0.118. The van der Waals surface area contributed by atoms with Crippen LogP contribution in [0.3, 0.4) is 0 Å². The summed E-state index contributed by atoms with van der Waals surface area (Å²) in [5, 5.41) is 6.61. The van der Waals surface area contributed by atoms with Crippen LogP contribution in [0.5, 0.6) is 5.75 Å². The molecule has 1 aromatic carbocycles. The van der Waals surface area contributed by atoms with Crippen molar-refractivity contribution < 1.29 is 14.1 Å². The summed E-state index contributed by atoms with van der Waals surface area (Å²) in [5.74, 6) is 1.90. The zero-order chi connectivity index (χ0) is 14.2. The molecular formula is C15H16N2O3. The molecule has 1 aliphatic rings. The summed E-state index contributed by atoms with van der Waals surface area (Å²) in [4.78, 5) is 12.4. The number of nitrogens with zero attached hydrogens (tertiary/aromatic N) is 1. The summed E-state index contributed by atoms with van der Waals surface area (Å²) >= 11 is 0. The van der Waals surface area contributed by atoms with Crippen LogP contribution in [-0.4, -0.2) is 18.2 Å². The Bertz CT molecular complexity index is 627. The number of hydrogen-bond acceptors (Lipinski definition) is 4. The van der Waals surface area contributed by atoms with Crippen LogP contribution in [0.2, 0.25) is 0 Å². The first kappa shape index (κ1) is 12.7. The first-order valence-corrected chi connectivity index (χ1v) is 6.53. The molecule has 20 heavy (non-hydrogen) atoms. The zero-order valence-corrected chi connectivity index (χ0v) is 11.5. The average Bonchev–Trinajstić information content (AvgIpc) is 3.18. The number of hydrogen-bond donors (Lipinski definition) is 1. The van der Waals surface area contributed by atoms with Gasteiger partial charge in [-0.3, -0.25) is 4.79 Å². The number of carbonyl (C=O) groups is 1. The highest BCUT2D eigenvalue weighted by atomic mass is 16.5. The smallest absolute Gasteiger partial charge is 0.236 e. The van der Waals surface area contributed by atoms with Gasteiger partial charge in [0.1, 0.15) is 11.5 Å². The van der Waals surface area contributed by atoms with Crippen LogP contribution in [0.4, 0.5) is 5.82 Å². The third kappa shape index (κ3) is 2.15. The molecule has 1 fully saturated rings. The van der Waals surface area contributed by atoms with Crippen molar-refractivity contribution in [3.05, 3.63) is 41.7 Å². The van der Waals surface area contributed by atoms with Gasteiger partial charge in [0, 0.05) is 6.07 Å². The molecule has 0 atom stereocenters. The van der Waals surface area contributed by atoms with Crippen molar-refractivity contribution in [3.8, 4) is 5.75 Å². The highest BCUT2D eigenvalue weighted by molar-refractivity contribution is 6.00. The van der Waals surface area contributed by atoms with Crippen molar-refractivity contribution in [1.82, 2.24) is 5.16 Å². The maximum atomic E-state index is 12.4. The van der Waals surface area contributed by atoms with E-state index in [4.69, 9.17) is 9.26 Å². The minimum absolute atomic E-state index is 0.0315. The lowest BCUT2D eigenvalue weighted by atomic mass is 9.95. The van der Waals surface area contributed by atoms with Gasteiger partial charge in [0.25, 0.3) is 0 Å². The predicted octanol–water partition coefficient (Wildman–Crippen LogP) is 2.66. The fraction of sp³-hybridized carbons (Fsp3) is 0.333. The fourth-order valence-corrected chi connectivity index (χ4v) is 2.34. The van der Waals surface area contributed by atoms with E-state index in [0.717, 1.165) is 24.2 Å². The number of aromatic nitrogens is 1. The molecule has 3 rings (SSSR count). The van der Waals surface area contributed by atoms with Gasteiger partial charge in [0.2, 0.25) is 5.91 Å². The number of carbonyl (C=O) groups excluding carboxylic acids is 1. The van der Waals surface area contributed by atoms with Gasteiger partial charge in [0.05, 0.1) is 12.5 Å². The van der Waals surface area contributed by atoms with E-state index in [1.165, 1.54) is 0 Å². The Morgan fingerprint density at radius 3 is 2.55 bits per heavy atom. The average molecular weight is 272 g/mol. The highest BCUT2D eigenvalue weighted by Gasteiger charge is 2.51. The second kappa shape index (κ2) is 4.67.